The lowest BCUT2D eigenvalue weighted by Gasteiger charge is -2.50. The number of hydrogen-bond donors (Lipinski definition) is 0. The summed E-state index contributed by atoms with van der Waals surface area (Å²) in [4.78, 5) is 18.2. The Labute approximate surface area is 184 Å². The van der Waals surface area contributed by atoms with E-state index in [4.69, 9.17) is 9.47 Å². The molecule has 0 N–H and O–H groups in total. The van der Waals surface area contributed by atoms with E-state index in [9.17, 15) is 4.79 Å². The number of benzene rings is 2. The molecule has 1 amide bonds. The maximum Gasteiger partial charge on any atom is 0.254 e. The Balaban J connectivity index is 1.39. The Morgan fingerprint density at radius 3 is 2.61 bits per heavy atom. The Hall–Kier alpha value is -2.37. The Morgan fingerprint density at radius 1 is 1.06 bits per heavy atom. The molecule has 5 heteroatoms. The van der Waals surface area contributed by atoms with E-state index in [2.05, 4.69) is 34.1 Å². The molecule has 0 bridgehead atoms. The lowest BCUT2D eigenvalue weighted by atomic mass is 9.68. The second-order valence-corrected chi connectivity index (χ2v) is 9.21. The number of carbonyl (C=O) groups is 1. The highest BCUT2D eigenvalue weighted by molar-refractivity contribution is 5.94. The summed E-state index contributed by atoms with van der Waals surface area (Å²) in [6.45, 7) is 5.44. The largest absolute Gasteiger partial charge is 0.497 e. The van der Waals surface area contributed by atoms with Gasteiger partial charge in [-0.2, -0.15) is 0 Å². The molecule has 0 saturated carbocycles. The molecule has 0 atom stereocenters. The Bertz CT molecular complexity index is 930. The summed E-state index contributed by atoms with van der Waals surface area (Å²) >= 11 is 0. The van der Waals surface area contributed by atoms with Crippen LogP contribution >= 0.6 is 0 Å². The van der Waals surface area contributed by atoms with Gasteiger partial charge in [-0.3, -0.25) is 4.79 Å². The fourth-order valence-corrected chi connectivity index (χ4v) is 5.76. The van der Waals surface area contributed by atoms with Gasteiger partial charge in [0.2, 0.25) is 0 Å². The predicted octanol–water partition coefficient (Wildman–Crippen LogP) is 3.86. The number of carbonyl (C=O) groups excluding carboxylic acids is 1. The zero-order valence-corrected chi connectivity index (χ0v) is 18.4. The SMILES string of the molecule is COc1cccc(C(=O)N2Cc3ccccc3C3(CCN(C4CCOCC4)CC3)C2)c1. The van der Waals surface area contributed by atoms with Gasteiger partial charge in [0.25, 0.3) is 5.91 Å². The molecule has 1 spiro atoms. The predicted molar refractivity (Wildman–Crippen MR) is 121 cm³/mol. The van der Waals surface area contributed by atoms with E-state index < -0.39 is 0 Å². The van der Waals surface area contributed by atoms with Crippen LogP contribution in [0.5, 0.6) is 5.75 Å². The van der Waals surface area contributed by atoms with E-state index in [-0.39, 0.29) is 11.3 Å². The standard InChI is InChI=1S/C26H32N2O3/c1-30-23-7-4-6-20(17-23)25(29)28-18-21-5-2-3-8-24(21)26(19-28)11-13-27(14-12-26)22-9-15-31-16-10-22/h2-8,17,22H,9-16,18-19H2,1H3. The molecule has 2 fully saturated rings. The molecule has 2 saturated heterocycles. The van der Waals surface area contributed by atoms with E-state index in [0.29, 0.717) is 18.2 Å². The summed E-state index contributed by atoms with van der Waals surface area (Å²) in [5.41, 5.74) is 3.50. The zero-order valence-electron chi connectivity index (χ0n) is 18.4. The van der Waals surface area contributed by atoms with E-state index in [1.807, 2.05) is 24.3 Å². The van der Waals surface area contributed by atoms with Crippen LogP contribution in [0.3, 0.4) is 0 Å². The molecular formula is C26H32N2O3. The van der Waals surface area contributed by atoms with Crippen LogP contribution in [0, 0.1) is 0 Å². The average molecular weight is 421 g/mol. The van der Waals surface area contributed by atoms with Crippen molar-refractivity contribution in [3.8, 4) is 5.75 Å². The van der Waals surface area contributed by atoms with Crippen molar-refractivity contribution in [2.45, 2.75) is 43.7 Å². The molecule has 5 rings (SSSR count). The summed E-state index contributed by atoms with van der Waals surface area (Å²) in [5, 5.41) is 0. The summed E-state index contributed by atoms with van der Waals surface area (Å²) in [7, 11) is 1.64. The first kappa shape index (κ1) is 20.5. The molecule has 0 unspecified atom stereocenters. The highest BCUT2D eigenvalue weighted by Crippen LogP contribution is 2.43. The minimum absolute atomic E-state index is 0.0467. The van der Waals surface area contributed by atoms with Gasteiger partial charge in [-0.25, -0.2) is 0 Å². The fourth-order valence-electron chi connectivity index (χ4n) is 5.76. The highest BCUT2D eigenvalue weighted by atomic mass is 16.5. The van der Waals surface area contributed by atoms with Crippen molar-refractivity contribution in [2.75, 3.05) is 40.0 Å². The monoisotopic (exact) mass is 420 g/mol. The highest BCUT2D eigenvalue weighted by Gasteiger charge is 2.44. The molecule has 0 radical (unpaired) electrons. The zero-order chi connectivity index (χ0) is 21.3. The van der Waals surface area contributed by atoms with Crippen LogP contribution in [0.15, 0.2) is 48.5 Å². The van der Waals surface area contributed by atoms with Crippen molar-refractivity contribution in [1.29, 1.82) is 0 Å². The van der Waals surface area contributed by atoms with E-state index in [1.54, 1.807) is 7.11 Å². The van der Waals surface area contributed by atoms with Gasteiger partial charge < -0.3 is 19.3 Å². The van der Waals surface area contributed by atoms with Crippen molar-refractivity contribution in [2.24, 2.45) is 0 Å². The summed E-state index contributed by atoms with van der Waals surface area (Å²) in [5.74, 6) is 0.822. The quantitative estimate of drug-likeness (QED) is 0.756. The van der Waals surface area contributed by atoms with Gasteiger partial charge in [0.1, 0.15) is 5.75 Å². The number of rotatable bonds is 3. The van der Waals surface area contributed by atoms with Crippen LogP contribution in [0.1, 0.15) is 47.2 Å². The van der Waals surface area contributed by atoms with Gasteiger partial charge in [-0.15, -0.1) is 0 Å². The van der Waals surface area contributed by atoms with Crippen molar-refractivity contribution in [1.82, 2.24) is 9.80 Å². The first-order valence-electron chi connectivity index (χ1n) is 11.5. The fraction of sp³-hybridized carbons (Fsp3) is 0.500. The maximum atomic E-state index is 13.5. The number of methoxy groups -OCH3 is 1. The lowest BCUT2D eigenvalue weighted by Crippen LogP contribution is -2.55. The lowest BCUT2D eigenvalue weighted by molar-refractivity contribution is 0.0102. The number of fused-ring (bicyclic) bond motifs is 2. The molecule has 31 heavy (non-hydrogen) atoms. The van der Waals surface area contributed by atoms with Gasteiger partial charge in [-0.1, -0.05) is 30.3 Å². The topological polar surface area (TPSA) is 42.0 Å². The minimum atomic E-state index is 0.0467. The number of ether oxygens (including phenoxy) is 2. The molecule has 3 heterocycles. The average Bonchev–Trinajstić information content (AvgIpc) is 2.84. The van der Waals surface area contributed by atoms with Crippen molar-refractivity contribution in [3.05, 3.63) is 65.2 Å². The number of piperidine rings is 1. The normalized spacial score (nSPS) is 21.6. The molecule has 0 aromatic heterocycles. The van der Waals surface area contributed by atoms with Gasteiger partial charge >= 0.3 is 0 Å². The summed E-state index contributed by atoms with van der Waals surface area (Å²) in [6.07, 6.45) is 4.49. The molecular weight excluding hydrogens is 388 g/mol. The van der Waals surface area contributed by atoms with Gasteiger partial charge in [0, 0.05) is 43.3 Å². The van der Waals surface area contributed by atoms with Crippen LogP contribution in [-0.2, 0) is 16.7 Å². The molecule has 0 aliphatic carbocycles. The molecule has 3 aliphatic heterocycles. The Kier molecular flexibility index (Phi) is 5.72. The second kappa shape index (κ2) is 8.64. The van der Waals surface area contributed by atoms with Crippen molar-refractivity contribution >= 4 is 5.91 Å². The second-order valence-electron chi connectivity index (χ2n) is 9.21. The van der Waals surface area contributed by atoms with E-state index >= 15 is 0 Å². The van der Waals surface area contributed by atoms with Crippen LogP contribution in [0.4, 0.5) is 0 Å². The van der Waals surface area contributed by atoms with Crippen LogP contribution < -0.4 is 4.74 Å². The molecule has 164 valence electrons. The first-order chi connectivity index (χ1) is 15.2. The third kappa shape index (κ3) is 3.97. The van der Waals surface area contributed by atoms with Crippen LogP contribution in [0.25, 0.3) is 0 Å². The molecule has 3 aliphatic rings. The third-order valence-corrected chi connectivity index (χ3v) is 7.51. The molecule has 2 aromatic carbocycles. The number of likely N-dealkylation sites (tertiary alicyclic amines) is 1. The van der Waals surface area contributed by atoms with Crippen molar-refractivity contribution in [3.63, 3.8) is 0 Å². The van der Waals surface area contributed by atoms with Gasteiger partial charge in [0.05, 0.1) is 7.11 Å². The van der Waals surface area contributed by atoms with Gasteiger partial charge in [0.15, 0.2) is 0 Å². The number of hydrogen-bond acceptors (Lipinski definition) is 4. The van der Waals surface area contributed by atoms with E-state index in [0.717, 1.165) is 64.3 Å². The van der Waals surface area contributed by atoms with Crippen LogP contribution in [0.2, 0.25) is 0 Å². The molecule has 2 aromatic rings. The van der Waals surface area contributed by atoms with E-state index in [1.165, 1.54) is 11.1 Å². The number of amides is 1. The first-order valence-corrected chi connectivity index (χ1v) is 11.5. The van der Waals surface area contributed by atoms with Gasteiger partial charge in [-0.05, 0) is 68.1 Å². The maximum absolute atomic E-state index is 13.5. The summed E-state index contributed by atoms with van der Waals surface area (Å²) in [6, 6.07) is 16.9. The third-order valence-electron chi connectivity index (χ3n) is 7.51. The summed E-state index contributed by atoms with van der Waals surface area (Å²) < 4.78 is 10.9. The van der Waals surface area contributed by atoms with Crippen LogP contribution in [-0.4, -0.2) is 61.7 Å². The molecule has 5 nitrogen and oxygen atoms in total. The van der Waals surface area contributed by atoms with Crippen molar-refractivity contribution < 1.29 is 14.3 Å². The minimum Gasteiger partial charge on any atom is -0.497 e. The Morgan fingerprint density at radius 2 is 1.84 bits per heavy atom. The number of nitrogens with zero attached hydrogens (tertiary/aromatic N) is 2. The smallest absolute Gasteiger partial charge is 0.254 e.